The molecule has 0 saturated carbocycles. The van der Waals surface area contributed by atoms with Crippen LogP contribution in [-0.2, 0) is 10.9 Å². The first-order chi connectivity index (χ1) is 7.47. The summed E-state index contributed by atoms with van der Waals surface area (Å²) in [5.74, 6) is 0.510. The van der Waals surface area contributed by atoms with Gasteiger partial charge in [0.1, 0.15) is 0 Å². The van der Waals surface area contributed by atoms with E-state index in [-0.39, 0.29) is 0 Å². The normalized spacial score (nSPS) is 14.8. The molecular weight excluding hydrogens is 543 g/mol. The van der Waals surface area contributed by atoms with Gasteiger partial charge in [0, 0.05) is 5.92 Å². The van der Waals surface area contributed by atoms with Crippen molar-refractivity contribution in [1.29, 1.82) is 0 Å². The van der Waals surface area contributed by atoms with Gasteiger partial charge in [-0.1, -0.05) is 54.6 Å². The second-order valence-electron chi connectivity index (χ2n) is 3.13. The van der Waals surface area contributed by atoms with E-state index in [9.17, 15) is 0 Å². The summed E-state index contributed by atoms with van der Waals surface area (Å²) in [6.45, 7) is 0. The Hall–Kier alpha value is 1.50. The topological polar surface area (TPSA) is 0 Å². The Morgan fingerprint density at radius 2 is 1.25 bits per heavy atom. The quantitative estimate of drug-likeness (QED) is 0.385. The van der Waals surface area contributed by atoms with Crippen molar-refractivity contribution in [1.82, 2.24) is 0 Å². The number of halogens is 4. The molecule has 86 valence electrons. The van der Waals surface area contributed by atoms with Gasteiger partial charge in [0.15, 0.2) is 0 Å². The van der Waals surface area contributed by atoms with Crippen LogP contribution in [0.15, 0.2) is 54.6 Å². The minimum absolute atomic E-state index is 0.510. The summed E-state index contributed by atoms with van der Waals surface area (Å²) in [5, 5.41) is 0. The Morgan fingerprint density at radius 3 is 1.69 bits per heavy atom. The van der Waals surface area contributed by atoms with Crippen molar-refractivity contribution in [2.24, 2.45) is 0 Å². The van der Waals surface area contributed by atoms with Gasteiger partial charge in [-0.05, 0) is 5.56 Å². The van der Waals surface area contributed by atoms with Crippen LogP contribution in [0.25, 0.3) is 0 Å². The molecule has 0 aliphatic heterocycles. The number of allylic oxidation sites excluding steroid dienone is 4. The molecule has 0 nitrogen and oxygen atoms in total. The molecule has 0 spiro atoms. The average Bonchev–Trinajstić information content (AvgIpc) is 2.69. The van der Waals surface area contributed by atoms with E-state index in [1.165, 1.54) is 5.56 Å². The van der Waals surface area contributed by atoms with Crippen LogP contribution in [0, 0.1) is 0 Å². The van der Waals surface area contributed by atoms with E-state index in [4.69, 9.17) is 0 Å². The van der Waals surface area contributed by atoms with Crippen molar-refractivity contribution in [2.75, 3.05) is 0 Å². The van der Waals surface area contributed by atoms with Crippen LogP contribution in [0.4, 0.5) is 0 Å². The second kappa shape index (κ2) is 7.83. The standard InChI is InChI=1S/C11H10.4BrH.Zr/c1-2-6-10(7-3-1)11-8-4-5-9-11;;;;;/h1-9,11H;4*1H;/q;;;;;+4/p-4. The molecule has 0 fully saturated rings. The molecular formula is C11H10Br4Zr. The van der Waals surface area contributed by atoms with Gasteiger partial charge in [-0.3, -0.25) is 0 Å². The number of rotatable bonds is 1. The molecule has 5 heteroatoms. The van der Waals surface area contributed by atoms with Crippen LogP contribution in [0.5, 0.6) is 0 Å². The monoisotopic (exact) mass is 548 g/mol. The third kappa shape index (κ3) is 7.76. The number of benzene rings is 1. The van der Waals surface area contributed by atoms with Crippen LogP contribution in [0.3, 0.4) is 0 Å². The summed E-state index contributed by atoms with van der Waals surface area (Å²) in [7, 11) is -1.93. The van der Waals surface area contributed by atoms with Gasteiger partial charge >= 0.3 is 59.7 Å². The molecule has 16 heavy (non-hydrogen) atoms. The fourth-order valence-electron chi connectivity index (χ4n) is 1.33. The molecule has 0 heterocycles. The van der Waals surface area contributed by atoms with Gasteiger partial charge in [0.05, 0.1) is 0 Å². The van der Waals surface area contributed by atoms with Crippen molar-refractivity contribution in [3.63, 3.8) is 0 Å². The molecule has 0 bridgehead atoms. The molecule has 2 rings (SSSR count). The molecule has 0 N–H and O–H groups in total. The zero-order chi connectivity index (χ0) is 12.0. The van der Waals surface area contributed by atoms with Crippen molar-refractivity contribution >= 4 is 48.9 Å². The fourth-order valence-corrected chi connectivity index (χ4v) is 1.33. The predicted octanol–water partition coefficient (Wildman–Crippen LogP) is 6.28. The predicted molar refractivity (Wildman–Crippen MR) is 83.2 cm³/mol. The van der Waals surface area contributed by atoms with Crippen LogP contribution in [0.2, 0.25) is 0 Å². The third-order valence-electron chi connectivity index (χ3n) is 1.93. The summed E-state index contributed by atoms with van der Waals surface area (Å²) >= 11 is 13.3. The fraction of sp³-hybridized carbons (Fsp3) is 0.0909. The van der Waals surface area contributed by atoms with E-state index in [2.05, 4.69) is 97.4 Å². The van der Waals surface area contributed by atoms with E-state index >= 15 is 0 Å². The van der Waals surface area contributed by atoms with Crippen molar-refractivity contribution in [2.45, 2.75) is 5.92 Å². The Kier molecular flexibility index (Phi) is 7.62. The van der Waals surface area contributed by atoms with Gasteiger partial charge in [0.25, 0.3) is 0 Å². The van der Waals surface area contributed by atoms with E-state index in [1.807, 2.05) is 6.07 Å². The summed E-state index contributed by atoms with van der Waals surface area (Å²) in [6, 6.07) is 10.5. The third-order valence-corrected chi connectivity index (χ3v) is 1.93. The Bertz CT molecular complexity index is 349. The van der Waals surface area contributed by atoms with Gasteiger partial charge in [-0.2, -0.15) is 0 Å². The molecule has 0 saturated heterocycles. The van der Waals surface area contributed by atoms with Crippen molar-refractivity contribution < 1.29 is 10.9 Å². The van der Waals surface area contributed by atoms with Crippen LogP contribution >= 0.6 is 48.9 Å². The maximum absolute atomic E-state index is 3.34. The van der Waals surface area contributed by atoms with Gasteiger partial charge < -0.3 is 0 Å². The Morgan fingerprint density at radius 1 is 0.812 bits per heavy atom. The first kappa shape index (κ1) is 15.6. The van der Waals surface area contributed by atoms with Crippen LogP contribution in [-0.4, -0.2) is 0 Å². The summed E-state index contributed by atoms with van der Waals surface area (Å²) in [4.78, 5) is 0. The van der Waals surface area contributed by atoms with Crippen molar-refractivity contribution in [3.8, 4) is 0 Å². The summed E-state index contributed by atoms with van der Waals surface area (Å²) in [5.41, 5.74) is 1.37. The molecule has 1 aliphatic rings. The van der Waals surface area contributed by atoms with Crippen molar-refractivity contribution in [3.05, 3.63) is 60.2 Å². The van der Waals surface area contributed by atoms with Gasteiger partial charge in [-0.25, -0.2) is 0 Å². The molecule has 0 radical (unpaired) electrons. The molecule has 0 amide bonds. The maximum atomic E-state index is 3.34. The minimum atomic E-state index is -1.93. The van der Waals surface area contributed by atoms with E-state index in [0.717, 1.165) is 0 Å². The summed E-state index contributed by atoms with van der Waals surface area (Å²) in [6.07, 6.45) is 8.60. The molecule has 1 aromatic carbocycles. The molecule has 0 aromatic heterocycles. The number of hydrogen-bond donors (Lipinski definition) is 0. The molecule has 0 unspecified atom stereocenters. The first-order valence-corrected chi connectivity index (χ1v) is 27.1. The van der Waals surface area contributed by atoms with Crippen LogP contribution < -0.4 is 0 Å². The zero-order valence-corrected chi connectivity index (χ0v) is 17.1. The van der Waals surface area contributed by atoms with Gasteiger partial charge in [0.2, 0.25) is 0 Å². The molecule has 1 aromatic rings. The van der Waals surface area contributed by atoms with Crippen LogP contribution in [0.1, 0.15) is 11.5 Å². The Balaban J connectivity index is 0.000000221. The molecule has 1 aliphatic carbocycles. The number of hydrogen-bond acceptors (Lipinski definition) is 0. The Labute approximate surface area is 124 Å². The second-order valence-corrected chi connectivity index (χ2v) is 71.2. The summed E-state index contributed by atoms with van der Waals surface area (Å²) < 4.78 is 0. The first-order valence-electron chi connectivity index (χ1n) is 4.62. The SMILES string of the molecule is C1=CC(c2ccccc2)C=C1.[Br][Zr]([Br])([Br])[Br]. The van der Waals surface area contributed by atoms with E-state index in [0.29, 0.717) is 5.92 Å². The van der Waals surface area contributed by atoms with E-state index in [1.54, 1.807) is 0 Å². The molecule has 0 atom stereocenters. The van der Waals surface area contributed by atoms with Gasteiger partial charge in [-0.15, -0.1) is 0 Å². The van der Waals surface area contributed by atoms with E-state index < -0.39 is 10.9 Å². The average molecular weight is 553 g/mol. The zero-order valence-electron chi connectivity index (χ0n) is 8.29.